The Hall–Kier alpha value is -2.15. The van der Waals surface area contributed by atoms with Crippen LogP contribution in [-0.2, 0) is 0 Å². The van der Waals surface area contributed by atoms with Crippen LogP contribution in [0.15, 0.2) is 18.2 Å². The lowest BCUT2D eigenvalue weighted by molar-refractivity contribution is 0.0958. The van der Waals surface area contributed by atoms with E-state index in [0.29, 0.717) is 23.5 Å². The van der Waals surface area contributed by atoms with Crippen molar-refractivity contribution in [3.63, 3.8) is 0 Å². The molecular formula is C12H14N2O2. The van der Waals surface area contributed by atoms with Crippen molar-refractivity contribution >= 4 is 11.6 Å². The van der Waals surface area contributed by atoms with E-state index in [9.17, 15) is 4.79 Å². The molecule has 0 saturated heterocycles. The normalized spacial score (nSPS) is 8.88. The van der Waals surface area contributed by atoms with Crippen molar-refractivity contribution in [3.05, 3.63) is 23.8 Å². The molecule has 1 amide bonds. The van der Waals surface area contributed by atoms with Crippen LogP contribution in [0.1, 0.15) is 17.3 Å². The zero-order chi connectivity index (χ0) is 12.0. The second-order valence-corrected chi connectivity index (χ2v) is 3.07. The SMILES string of the molecule is CC#CCNC(=O)c1ccc(N)c(OC)c1. The van der Waals surface area contributed by atoms with E-state index in [0.717, 1.165) is 0 Å². The lowest BCUT2D eigenvalue weighted by Crippen LogP contribution is -2.23. The van der Waals surface area contributed by atoms with Gasteiger partial charge in [-0.2, -0.15) is 0 Å². The fraction of sp³-hybridized carbons (Fsp3) is 0.250. The Labute approximate surface area is 94.8 Å². The molecule has 0 aliphatic rings. The lowest BCUT2D eigenvalue weighted by atomic mass is 10.2. The van der Waals surface area contributed by atoms with Crippen molar-refractivity contribution in [1.82, 2.24) is 5.32 Å². The third-order valence-corrected chi connectivity index (χ3v) is 2.01. The molecule has 0 bridgehead atoms. The molecule has 0 aromatic heterocycles. The van der Waals surface area contributed by atoms with E-state index in [1.807, 2.05) is 0 Å². The van der Waals surface area contributed by atoms with Gasteiger partial charge in [0, 0.05) is 5.56 Å². The largest absolute Gasteiger partial charge is 0.495 e. The Morgan fingerprint density at radius 1 is 1.56 bits per heavy atom. The van der Waals surface area contributed by atoms with Crippen LogP contribution in [0.2, 0.25) is 0 Å². The minimum atomic E-state index is -0.193. The van der Waals surface area contributed by atoms with Gasteiger partial charge in [-0.1, -0.05) is 5.92 Å². The van der Waals surface area contributed by atoms with Crippen LogP contribution in [0.25, 0.3) is 0 Å². The Morgan fingerprint density at radius 2 is 2.31 bits per heavy atom. The van der Waals surface area contributed by atoms with Crippen molar-refractivity contribution in [3.8, 4) is 17.6 Å². The summed E-state index contributed by atoms with van der Waals surface area (Å²) < 4.78 is 5.03. The Morgan fingerprint density at radius 3 is 2.94 bits per heavy atom. The number of hydrogen-bond acceptors (Lipinski definition) is 3. The van der Waals surface area contributed by atoms with Crippen LogP contribution in [0.5, 0.6) is 5.75 Å². The number of ether oxygens (including phenoxy) is 1. The summed E-state index contributed by atoms with van der Waals surface area (Å²) in [5.74, 6) is 5.75. The lowest BCUT2D eigenvalue weighted by Gasteiger charge is -2.06. The van der Waals surface area contributed by atoms with E-state index < -0.39 is 0 Å². The standard InChI is InChI=1S/C12H14N2O2/c1-3-4-7-14-12(15)9-5-6-10(13)11(8-9)16-2/h5-6,8H,7,13H2,1-2H3,(H,14,15). The van der Waals surface area contributed by atoms with Gasteiger partial charge < -0.3 is 15.8 Å². The Bertz CT molecular complexity index is 444. The highest BCUT2D eigenvalue weighted by Gasteiger charge is 2.07. The molecule has 84 valence electrons. The first-order chi connectivity index (χ1) is 7.69. The number of amides is 1. The smallest absolute Gasteiger partial charge is 0.252 e. The molecule has 0 spiro atoms. The molecule has 1 aromatic rings. The molecule has 0 atom stereocenters. The van der Waals surface area contributed by atoms with Gasteiger partial charge in [-0.15, -0.1) is 5.92 Å². The third-order valence-electron chi connectivity index (χ3n) is 2.01. The Kier molecular flexibility index (Phi) is 4.22. The Balaban J connectivity index is 2.78. The van der Waals surface area contributed by atoms with Crippen molar-refractivity contribution in [2.75, 3.05) is 19.4 Å². The van der Waals surface area contributed by atoms with E-state index in [2.05, 4.69) is 17.2 Å². The van der Waals surface area contributed by atoms with E-state index in [-0.39, 0.29) is 5.91 Å². The second kappa shape index (κ2) is 5.66. The molecule has 1 rings (SSSR count). The van der Waals surface area contributed by atoms with Gasteiger partial charge in [-0.25, -0.2) is 0 Å². The summed E-state index contributed by atoms with van der Waals surface area (Å²) in [5, 5.41) is 2.66. The predicted molar refractivity (Wildman–Crippen MR) is 63.2 cm³/mol. The van der Waals surface area contributed by atoms with Crippen LogP contribution in [0.4, 0.5) is 5.69 Å². The zero-order valence-corrected chi connectivity index (χ0v) is 9.33. The summed E-state index contributed by atoms with van der Waals surface area (Å²) in [6.45, 7) is 2.06. The highest BCUT2D eigenvalue weighted by molar-refractivity contribution is 5.95. The van der Waals surface area contributed by atoms with Gasteiger partial charge in [0.2, 0.25) is 0 Å². The molecule has 0 unspecified atom stereocenters. The van der Waals surface area contributed by atoms with Gasteiger partial charge in [0.1, 0.15) is 5.75 Å². The van der Waals surface area contributed by atoms with Crippen molar-refractivity contribution < 1.29 is 9.53 Å². The molecule has 0 saturated carbocycles. The van der Waals surface area contributed by atoms with Crippen LogP contribution in [0.3, 0.4) is 0 Å². The van der Waals surface area contributed by atoms with Gasteiger partial charge in [0.25, 0.3) is 5.91 Å². The van der Waals surface area contributed by atoms with Gasteiger partial charge in [0.15, 0.2) is 0 Å². The maximum Gasteiger partial charge on any atom is 0.252 e. The van der Waals surface area contributed by atoms with Gasteiger partial charge >= 0.3 is 0 Å². The third kappa shape index (κ3) is 2.92. The first-order valence-electron chi connectivity index (χ1n) is 4.80. The van der Waals surface area contributed by atoms with Crippen LogP contribution >= 0.6 is 0 Å². The number of nitrogens with one attached hydrogen (secondary N) is 1. The number of hydrogen-bond donors (Lipinski definition) is 2. The summed E-state index contributed by atoms with van der Waals surface area (Å²) in [6.07, 6.45) is 0. The maximum atomic E-state index is 11.6. The van der Waals surface area contributed by atoms with E-state index >= 15 is 0 Å². The topological polar surface area (TPSA) is 64.4 Å². The number of carbonyl (C=O) groups excluding carboxylic acids is 1. The first-order valence-corrected chi connectivity index (χ1v) is 4.80. The highest BCUT2D eigenvalue weighted by atomic mass is 16.5. The molecule has 1 aromatic carbocycles. The van der Waals surface area contributed by atoms with Gasteiger partial charge in [-0.05, 0) is 25.1 Å². The average Bonchev–Trinajstić information content (AvgIpc) is 2.30. The number of methoxy groups -OCH3 is 1. The van der Waals surface area contributed by atoms with Crippen molar-refractivity contribution in [2.24, 2.45) is 0 Å². The molecule has 16 heavy (non-hydrogen) atoms. The molecule has 0 aliphatic heterocycles. The summed E-state index contributed by atoms with van der Waals surface area (Å²) >= 11 is 0. The molecule has 4 nitrogen and oxygen atoms in total. The summed E-state index contributed by atoms with van der Waals surface area (Å²) in [5.41, 5.74) is 6.65. The highest BCUT2D eigenvalue weighted by Crippen LogP contribution is 2.21. The van der Waals surface area contributed by atoms with E-state index in [1.54, 1.807) is 25.1 Å². The number of anilines is 1. The number of nitrogens with two attached hydrogens (primary N) is 1. The van der Waals surface area contributed by atoms with Crippen LogP contribution in [-0.4, -0.2) is 19.6 Å². The van der Waals surface area contributed by atoms with Gasteiger partial charge in [0.05, 0.1) is 19.3 Å². The molecular weight excluding hydrogens is 204 g/mol. The quantitative estimate of drug-likeness (QED) is 0.588. The number of nitrogen functional groups attached to an aromatic ring is 1. The fourth-order valence-corrected chi connectivity index (χ4v) is 1.17. The minimum Gasteiger partial charge on any atom is -0.495 e. The molecule has 4 heteroatoms. The minimum absolute atomic E-state index is 0.193. The molecule has 0 fully saturated rings. The zero-order valence-electron chi connectivity index (χ0n) is 9.33. The monoisotopic (exact) mass is 218 g/mol. The van der Waals surface area contributed by atoms with E-state index in [1.165, 1.54) is 7.11 Å². The summed E-state index contributed by atoms with van der Waals surface area (Å²) in [6, 6.07) is 4.88. The summed E-state index contributed by atoms with van der Waals surface area (Å²) in [7, 11) is 1.51. The second-order valence-electron chi connectivity index (χ2n) is 3.07. The van der Waals surface area contributed by atoms with Crippen molar-refractivity contribution in [1.29, 1.82) is 0 Å². The number of carbonyl (C=O) groups is 1. The molecule has 3 N–H and O–H groups in total. The first kappa shape index (κ1) is 11.9. The fourth-order valence-electron chi connectivity index (χ4n) is 1.17. The average molecular weight is 218 g/mol. The molecule has 0 heterocycles. The van der Waals surface area contributed by atoms with Crippen molar-refractivity contribution in [2.45, 2.75) is 6.92 Å². The predicted octanol–water partition coefficient (Wildman–Crippen LogP) is 1.03. The maximum absolute atomic E-state index is 11.6. The van der Waals surface area contributed by atoms with Crippen LogP contribution in [0, 0.1) is 11.8 Å². The summed E-state index contributed by atoms with van der Waals surface area (Å²) in [4.78, 5) is 11.6. The molecule has 0 aliphatic carbocycles. The van der Waals surface area contributed by atoms with Gasteiger partial charge in [-0.3, -0.25) is 4.79 Å². The van der Waals surface area contributed by atoms with E-state index in [4.69, 9.17) is 10.5 Å². The van der Waals surface area contributed by atoms with Crippen LogP contribution < -0.4 is 15.8 Å². The molecule has 0 radical (unpaired) electrons. The number of benzene rings is 1. The number of rotatable bonds is 3.